The van der Waals surface area contributed by atoms with Gasteiger partial charge >= 0.3 is 20.0 Å². The van der Waals surface area contributed by atoms with E-state index in [1.165, 1.54) is 95.6 Å². The van der Waals surface area contributed by atoms with E-state index in [1.54, 1.807) is 0 Å². The van der Waals surface area contributed by atoms with Crippen LogP contribution in [-0.4, -0.2) is 52.0 Å². The zero-order valence-corrected chi connectivity index (χ0v) is 23.8. The van der Waals surface area contributed by atoms with Crippen LogP contribution in [-0.2, 0) is 18.8 Å². The average Bonchev–Trinajstić information content (AvgIpc) is 2.83. The minimum absolute atomic E-state index is 0.0162. The Morgan fingerprint density at radius 1 is 0.853 bits per heavy atom. The van der Waals surface area contributed by atoms with E-state index in [2.05, 4.69) is 20.8 Å². The van der Waals surface area contributed by atoms with Crippen molar-refractivity contribution in [2.45, 2.75) is 140 Å². The highest BCUT2D eigenvalue weighted by Crippen LogP contribution is 2.26. The standard InChI is InChI=1S/C26H51O6PS/c1-4-6-8-10-11-12-13-14-15-17-22-34-24(19-16-9-7-5-2)23(3)31-20-18-21-32-26(29,33-30)25(27)28/h23-24,29H,4-22H2,1-3H3,(H,27,28)/p+1. The Kier molecular flexibility index (Phi) is 23.1. The molecule has 4 atom stereocenters. The number of aliphatic carboxylic acids is 1. The lowest BCUT2D eigenvalue weighted by atomic mass is 10.1. The number of carboxylic acids is 1. The summed E-state index contributed by atoms with van der Waals surface area (Å²) in [6, 6.07) is 0. The van der Waals surface area contributed by atoms with Crippen molar-refractivity contribution in [3.8, 4) is 0 Å². The summed E-state index contributed by atoms with van der Waals surface area (Å²) in [7, 11) is -1.48. The van der Waals surface area contributed by atoms with Crippen LogP contribution in [0, 0.1) is 0 Å². The van der Waals surface area contributed by atoms with Gasteiger partial charge in [-0.3, -0.25) is 0 Å². The Labute approximate surface area is 214 Å². The number of unbranched alkanes of at least 4 members (excludes halogenated alkanes) is 12. The monoisotopic (exact) mass is 523 g/mol. The van der Waals surface area contributed by atoms with Gasteiger partial charge in [0.15, 0.2) is 0 Å². The minimum Gasteiger partial charge on any atom is -0.474 e. The van der Waals surface area contributed by atoms with Crippen molar-refractivity contribution >= 4 is 26.2 Å². The molecule has 0 fully saturated rings. The first-order valence-corrected chi connectivity index (χ1v) is 15.6. The molecule has 34 heavy (non-hydrogen) atoms. The normalized spacial score (nSPS) is 15.3. The van der Waals surface area contributed by atoms with E-state index < -0.39 is 20.0 Å². The fourth-order valence-corrected chi connectivity index (χ4v) is 5.45. The van der Waals surface area contributed by atoms with Gasteiger partial charge in [-0.1, -0.05) is 102 Å². The number of hydrogen-bond acceptors (Lipinski definition) is 6. The van der Waals surface area contributed by atoms with Crippen LogP contribution in [0.3, 0.4) is 0 Å². The Bertz CT molecular complexity index is 496. The molecule has 0 bridgehead atoms. The van der Waals surface area contributed by atoms with Gasteiger partial charge < -0.3 is 19.7 Å². The van der Waals surface area contributed by atoms with E-state index in [4.69, 9.17) is 14.6 Å². The molecule has 202 valence electrons. The van der Waals surface area contributed by atoms with Gasteiger partial charge in [-0.25, -0.2) is 4.79 Å². The molecule has 6 nitrogen and oxygen atoms in total. The van der Waals surface area contributed by atoms with Crippen LogP contribution in [0.15, 0.2) is 0 Å². The van der Waals surface area contributed by atoms with E-state index in [9.17, 15) is 14.5 Å². The van der Waals surface area contributed by atoms with Crippen LogP contribution in [0.1, 0.15) is 124 Å². The van der Waals surface area contributed by atoms with Gasteiger partial charge in [0, 0.05) is 11.9 Å². The lowest BCUT2D eigenvalue weighted by Gasteiger charge is -2.24. The molecule has 2 N–H and O–H groups in total. The number of carbonyl (C=O) groups is 1. The summed E-state index contributed by atoms with van der Waals surface area (Å²) in [5.41, 5.74) is -2.61. The smallest absolute Gasteiger partial charge is 0.470 e. The quantitative estimate of drug-likeness (QED) is 0.0687. The van der Waals surface area contributed by atoms with Gasteiger partial charge in [0.2, 0.25) is 0 Å². The van der Waals surface area contributed by atoms with Crippen LogP contribution in [0.25, 0.3) is 0 Å². The molecule has 0 saturated heterocycles. The van der Waals surface area contributed by atoms with Crippen molar-refractivity contribution in [1.29, 1.82) is 0 Å². The molecular formula is C26H52O6PS+. The zero-order chi connectivity index (χ0) is 25.5. The zero-order valence-electron chi connectivity index (χ0n) is 22.0. The predicted molar refractivity (Wildman–Crippen MR) is 144 cm³/mol. The molecule has 0 saturated carbocycles. The molecule has 0 rings (SSSR count). The third-order valence-corrected chi connectivity index (χ3v) is 8.31. The molecule has 0 aromatic carbocycles. The van der Waals surface area contributed by atoms with Crippen LogP contribution in [0.5, 0.6) is 0 Å². The maximum Gasteiger partial charge on any atom is 0.470 e. The number of thioether (sulfide) groups is 1. The number of carboxylic acid groups (broad SMARTS) is 1. The molecule has 0 heterocycles. The fraction of sp³-hybridized carbons (Fsp3) is 0.962. The van der Waals surface area contributed by atoms with Gasteiger partial charge in [0.25, 0.3) is 0 Å². The van der Waals surface area contributed by atoms with Crippen molar-refractivity contribution in [2.24, 2.45) is 0 Å². The topological polar surface area (TPSA) is 93.1 Å². The third-order valence-electron chi connectivity index (χ3n) is 6.10. The minimum atomic E-state index is -2.61. The van der Waals surface area contributed by atoms with Gasteiger partial charge in [0.05, 0.1) is 12.7 Å². The summed E-state index contributed by atoms with van der Waals surface area (Å²) in [4.78, 5) is 10.9. The lowest BCUT2D eigenvalue weighted by molar-refractivity contribution is -0.190. The van der Waals surface area contributed by atoms with Crippen molar-refractivity contribution in [2.75, 3.05) is 19.0 Å². The molecule has 0 aliphatic carbocycles. The highest BCUT2D eigenvalue weighted by atomic mass is 32.2. The number of aliphatic hydroxyl groups is 1. The summed E-state index contributed by atoms with van der Waals surface area (Å²) < 4.78 is 21.8. The Morgan fingerprint density at radius 2 is 1.38 bits per heavy atom. The highest BCUT2D eigenvalue weighted by Gasteiger charge is 2.47. The van der Waals surface area contributed by atoms with Crippen LogP contribution < -0.4 is 0 Å². The predicted octanol–water partition coefficient (Wildman–Crippen LogP) is 7.55. The molecule has 4 unspecified atom stereocenters. The van der Waals surface area contributed by atoms with Crippen LogP contribution in [0.4, 0.5) is 0 Å². The largest absolute Gasteiger partial charge is 0.474 e. The third kappa shape index (κ3) is 18.1. The van der Waals surface area contributed by atoms with E-state index in [-0.39, 0.29) is 12.7 Å². The molecule has 8 heteroatoms. The van der Waals surface area contributed by atoms with E-state index in [0.29, 0.717) is 18.3 Å². The molecule has 0 spiro atoms. The number of rotatable bonds is 26. The van der Waals surface area contributed by atoms with Crippen molar-refractivity contribution in [3.63, 3.8) is 0 Å². The highest BCUT2D eigenvalue weighted by molar-refractivity contribution is 7.99. The Morgan fingerprint density at radius 3 is 1.91 bits per heavy atom. The van der Waals surface area contributed by atoms with Crippen LogP contribution >= 0.6 is 20.2 Å². The SMILES string of the molecule is CCCCCCCCCCCCSC(CCCCCC)C(C)OCCCOC(O)([PH+]=O)C(=O)O. The Hall–Kier alpha value is -0.200. The molecule has 0 aliphatic rings. The fourth-order valence-electron chi connectivity index (χ4n) is 3.84. The van der Waals surface area contributed by atoms with E-state index in [0.717, 1.165) is 6.42 Å². The van der Waals surface area contributed by atoms with E-state index in [1.807, 2.05) is 11.8 Å². The van der Waals surface area contributed by atoms with Crippen molar-refractivity contribution in [3.05, 3.63) is 0 Å². The Balaban J connectivity index is 4.12. The van der Waals surface area contributed by atoms with Gasteiger partial charge in [0.1, 0.15) is 0 Å². The number of ether oxygens (including phenoxy) is 2. The molecule has 0 aromatic heterocycles. The summed E-state index contributed by atoms with van der Waals surface area (Å²) in [6.45, 7) is 7.01. The average molecular weight is 524 g/mol. The molecule has 0 aliphatic heterocycles. The van der Waals surface area contributed by atoms with Gasteiger partial charge in [-0.05, 0) is 31.9 Å². The maximum atomic E-state index is 10.9. The first-order valence-electron chi connectivity index (χ1n) is 13.6. The number of hydrogen-bond donors (Lipinski definition) is 2. The first kappa shape index (κ1) is 33.8. The van der Waals surface area contributed by atoms with Gasteiger partial charge in [-0.15, -0.1) is 0 Å². The summed E-state index contributed by atoms with van der Waals surface area (Å²) in [5, 5.41) is 18.9. The molecule has 0 radical (unpaired) electrons. The molecular weight excluding hydrogens is 471 g/mol. The van der Waals surface area contributed by atoms with Crippen molar-refractivity contribution in [1.82, 2.24) is 0 Å². The maximum absolute atomic E-state index is 10.9. The van der Waals surface area contributed by atoms with Crippen LogP contribution in [0.2, 0.25) is 0 Å². The molecule has 0 amide bonds. The second-order valence-electron chi connectivity index (χ2n) is 9.27. The second kappa shape index (κ2) is 23.2. The lowest BCUT2D eigenvalue weighted by Crippen LogP contribution is -2.36. The second-order valence-corrected chi connectivity index (χ2v) is 11.5. The summed E-state index contributed by atoms with van der Waals surface area (Å²) in [6.07, 6.45) is 20.2. The summed E-state index contributed by atoms with van der Waals surface area (Å²) >= 11 is 2.03. The summed E-state index contributed by atoms with van der Waals surface area (Å²) in [5.74, 6) is -0.465. The van der Waals surface area contributed by atoms with Gasteiger partial charge in [-0.2, -0.15) is 11.8 Å². The van der Waals surface area contributed by atoms with Crippen molar-refractivity contribution < 1.29 is 29.0 Å². The van der Waals surface area contributed by atoms with E-state index >= 15 is 0 Å². The molecule has 0 aromatic rings. The first-order chi connectivity index (χ1) is 16.4.